The second kappa shape index (κ2) is 6.06. The summed E-state index contributed by atoms with van der Waals surface area (Å²) in [4.78, 5) is 22.7. The van der Waals surface area contributed by atoms with Crippen molar-refractivity contribution < 1.29 is 0 Å². The molecule has 1 atom stereocenters. The molecule has 0 radical (unpaired) electrons. The summed E-state index contributed by atoms with van der Waals surface area (Å²) in [5.41, 5.74) is 2.46. The van der Waals surface area contributed by atoms with Gasteiger partial charge in [-0.25, -0.2) is 4.98 Å². The van der Waals surface area contributed by atoms with Gasteiger partial charge in [0.1, 0.15) is 10.7 Å². The van der Waals surface area contributed by atoms with E-state index in [0.717, 1.165) is 39.5 Å². The number of rotatable bonds is 1. The number of hydrogen-bond acceptors (Lipinski definition) is 3. The van der Waals surface area contributed by atoms with Gasteiger partial charge in [-0.2, -0.15) is 0 Å². The molecule has 2 aromatic heterocycles. The molecule has 0 bridgehead atoms. The van der Waals surface area contributed by atoms with Crippen molar-refractivity contribution in [3.63, 3.8) is 0 Å². The molecule has 0 spiro atoms. The van der Waals surface area contributed by atoms with Gasteiger partial charge >= 0.3 is 0 Å². The van der Waals surface area contributed by atoms with Crippen molar-refractivity contribution in [2.75, 3.05) is 0 Å². The van der Waals surface area contributed by atoms with Crippen LogP contribution in [-0.2, 0) is 12.8 Å². The Morgan fingerprint density at radius 3 is 2.64 bits per heavy atom. The van der Waals surface area contributed by atoms with E-state index in [9.17, 15) is 4.79 Å². The third kappa shape index (κ3) is 3.08. The van der Waals surface area contributed by atoms with Gasteiger partial charge in [-0.15, -0.1) is 11.3 Å². The molecule has 1 aliphatic rings. The van der Waals surface area contributed by atoms with E-state index in [4.69, 9.17) is 4.98 Å². The monoisotopic (exact) mass is 416 g/mol. The van der Waals surface area contributed by atoms with E-state index < -0.39 is 0 Å². The summed E-state index contributed by atoms with van der Waals surface area (Å²) in [7, 11) is 0. The molecule has 25 heavy (non-hydrogen) atoms. The molecule has 1 aromatic carbocycles. The van der Waals surface area contributed by atoms with E-state index in [1.165, 1.54) is 10.4 Å². The Kier molecular flexibility index (Phi) is 4.12. The zero-order chi connectivity index (χ0) is 17.8. The number of benzene rings is 1. The van der Waals surface area contributed by atoms with Crippen molar-refractivity contribution in [3.05, 3.63) is 49.5 Å². The minimum Gasteiger partial charge on any atom is -0.306 e. The van der Waals surface area contributed by atoms with Gasteiger partial charge < -0.3 is 4.98 Å². The first-order valence-electron chi connectivity index (χ1n) is 8.63. The lowest BCUT2D eigenvalue weighted by Gasteiger charge is -2.33. The summed E-state index contributed by atoms with van der Waals surface area (Å²) < 4.78 is 1.01. The number of aromatic nitrogens is 2. The van der Waals surface area contributed by atoms with E-state index in [1.807, 2.05) is 24.3 Å². The van der Waals surface area contributed by atoms with Gasteiger partial charge in [0.05, 0.1) is 5.39 Å². The highest BCUT2D eigenvalue weighted by Gasteiger charge is 2.31. The van der Waals surface area contributed by atoms with Crippen LogP contribution in [0.3, 0.4) is 0 Å². The van der Waals surface area contributed by atoms with Crippen LogP contribution in [0.25, 0.3) is 21.6 Å². The van der Waals surface area contributed by atoms with Crippen molar-refractivity contribution in [2.24, 2.45) is 11.3 Å². The highest BCUT2D eigenvalue weighted by atomic mass is 79.9. The largest absolute Gasteiger partial charge is 0.306 e. The quantitative estimate of drug-likeness (QED) is 0.563. The first-order valence-corrected chi connectivity index (χ1v) is 10.2. The Morgan fingerprint density at radius 2 is 1.96 bits per heavy atom. The van der Waals surface area contributed by atoms with Crippen LogP contribution < -0.4 is 5.56 Å². The van der Waals surface area contributed by atoms with E-state index in [0.29, 0.717) is 17.2 Å². The minimum absolute atomic E-state index is 0.00497. The van der Waals surface area contributed by atoms with Crippen LogP contribution >= 0.6 is 27.3 Å². The van der Waals surface area contributed by atoms with Crippen LogP contribution in [0.1, 0.15) is 37.6 Å². The van der Waals surface area contributed by atoms with Crippen LogP contribution in [0, 0.1) is 11.3 Å². The lowest BCUT2D eigenvalue weighted by molar-refractivity contribution is 0.218. The topological polar surface area (TPSA) is 45.8 Å². The average molecular weight is 417 g/mol. The van der Waals surface area contributed by atoms with Crippen LogP contribution in [0.15, 0.2) is 33.5 Å². The molecule has 1 unspecified atom stereocenters. The number of fused-ring (bicyclic) bond motifs is 3. The normalized spacial score (nSPS) is 17.7. The maximum absolute atomic E-state index is 12.8. The number of nitrogens with one attached hydrogen (secondary N) is 1. The number of H-pyrrole nitrogens is 1. The molecule has 0 saturated carbocycles. The molecule has 3 aromatic rings. The lowest BCUT2D eigenvalue weighted by Crippen LogP contribution is -2.26. The van der Waals surface area contributed by atoms with Gasteiger partial charge in [0.15, 0.2) is 0 Å². The zero-order valence-electron chi connectivity index (χ0n) is 14.6. The average Bonchev–Trinajstić information content (AvgIpc) is 2.92. The van der Waals surface area contributed by atoms with Crippen molar-refractivity contribution in [2.45, 2.75) is 40.0 Å². The number of aryl methyl sites for hydroxylation is 1. The van der Waals surface area contributed by atoms with Gasteiger partial charge in [0.25, 0.3) is 5.56 Å². The van der Waals surface area contributed by atoms with Gasteiger partial charge in [-0.05, 0) is 48.3 Å². The smallest absolute Gasteiger partial charge is 0.260 e. The van der Waals surface area contributed by atoms with Crippen LogP contribution in [-0.4, -0.2) is 9.97 Å². The first-order chi connectivity index (χ1) is 11.8. The summed E-state index contributed by atoms with van der Waals surface area (Å²) in [5.74, 6) is 1.31. The van der Waals surface area contributed by atoms with Crippen molar-refractivity contribution >= 4 is 37.5 Å². The van der Waals surface area contributed by atoms with Gasteiger partial charge in [0.2, 0.25) is 0 Å². The number of nitrogens with zero attached hydrogens (tertiary/aromatic N) is 1. The fraction of sp³-hybridized carbons (Fsp3) is 0.400. The summed E-state index contributed by atoms with van der Waals surface area (Å²) in [6, 6.07) is 7.87. The summed E-state index contributed by atoms with van der Waals surface area (Å²) in [6.45, 7) is 6.94. The fourth-order valence-corrected chi connectivity index (χ4v) is 5.23. The van der Waals surface area contributed by atoms with Gasteiger partial charge in [-0.3, -0.25) is 4.79 Å². The Bertz CT molecular complexity index is 995. The molecule has 1 aliphatic carbocycles. The zero-order valence-corrected chi connectivity index (χ0v) is 17.1. The predicted molar refractivity (Wildman–Crippen MR) is 108 cm³/mol. The molecule has 3 nitrogen and oxygen atoms in total. The molecule has 0 saturated heterocycles. The number of thiophene rings is 1. The van der Waals surface area contributed by atoms with Crippen LogP contribution in [0.2, 0.25) is 0 Å². The highest BCUT2D eigenvalue weighted by molar-refractivity contribution is 9.10. The second-order valence-corrected chi connectivity index (χ2v) is 9.91. The molecular weight excluding hydrogens is 396 g/mol. The second-order valence-electron chi connectivity index (χ2n) is 7.91. The molecule has 0 aliphatic heterocycles. The maximum Gasteiger partial charge on any atom is 0.260 e. The molecule has 0 amide bonds. The summed E-state index contributed by atoms with van der Waals surface area (Å²) in [5, 5.41) is 0.813. The maximum atomic E-state index is 12.8. The van der Waals surface area contributed by atoms with E-state index in [-0.39, 0.29) is 5.56 Å². The molecule has 1 N–H and O–H groups in total. The Morgan fingerprint density at radius 1 is 1.24 bits per heavy atom. The standard InChI is InChI=1S/C20H21BrN2OS/c1-20(2,3)12-6-9-14-15(10-12)25-19-16(14)18(24)22-17(23-19)11-4-7-13(21)8-5-11/h4-5,7-8,12H,6,9-10H2,1-3H3,(H,22,23,24). The predicted octanol–water partition coefficient (Wildman–Crippen LogP) is 5.57. The fourth-order valence-electron chi connectivity index (χ4n) is 3.67. The minimum atomic E-state index is -0.00497. The highest BCUT2D eigenvalue weighted by Crippen LogP contribution is 2.42. The van der Waals surface area contributed by atoms with Crippen molar-refractivity contribution in [1.29, 1.82) is 0 Å². The third-order valence-electron chi connectivity index (χ3n) is 5.26. The third-order valence-corrected chi connectivity index (χ3v) is 6.94. The van der Waals surface area contributed by atoms with Crippen LogP contribution in [0.5, 0.6) is 0 Å². The first kappa shape index (κ1) is 17.0. The Hall–Kier alpha value is -1.46. The van der Waals surface area contributed by atoms with Crippen molar-refractivity contribution in [1.82, 2.24) is 9.97 Å². The van der Waals surface area contributed by atoms with E-state index in [2.05, 4.69) is 41.7 Å². The molecule has 130 valence electrons. The van der Waals surface area contributed by atoms with Gasteiger partial charge in [0, 0.05) is 14.9 Å². The number of hydrogen-bond donors (Lipinski definition) is 1. The molecule has 5 heteroatoms. The van der Waals surface area contributed by atoms with Crippen LogP contribution in [0.4, 0.5) is 0 Å². The van der Waals surface area contributed by atoms with Gasteiger partial charge in [-0.1, -0.05) is 48.8 Å². The SMILES string of the molecule is CC(C)(C)C1CCc2c(sc3nc(-c4ccc(Br)cc4)[nH]c(=O)c23)C1. The molecule has 0 fully saturated rings. The summed E-state index contributed by atoms with van der Waals surface area (Å²) >= 11 is 5.15. The van der Waals surface area contributed by atoms with E-state index in [1.54, 1.807) is 11.3 Å². The Labute approximate surface area is 159 Å². The number of aromatic amines is 1. The lowest BCUT2D eigenvalue weighted by atomic mass is 9.72. The molecule has 4 rings (SSSR count). The Balaban J connectivity index is 1.81. The number of halogens is 1. The summed E-state index contributed by atoms with van der Waals surface area (Å²) in [6.07, 6.45) is 3.20. The molecule has 2 heterocycles. The molecular formula is C20H21BrN2OS. The van der Waals surface area contributed by atoms with E-state index >= 15 is 0 Å². The van der Waals surface area contributed by atoms with Crippen molar-refractivity contribution in [3.8, 4) is 11.4 Å².